The van der Waals surface area contributed by atoms with Crippen LogP contribution in [0, 0.1) is 10.1 Å². The summed E-state index contributed by atoms with van der Waals surface area (Å²) < 4.78 is 15.4. The Morgan fingerprint density at radius 1 is 1.23 bits per heavy atom. The molecule has 1 aromatic rings. The molecular weight excluding hydrogens is 348 g/mol. The second-order valence-corrected chi connectivity index (χ2v) is 5.20. The first kappa shape index (κ1) is 21.2. The predicted molar refractivity (Wildman–Crippen MR) is 89.6 cm³/mol. The highest BCUT2D eigenvalue weighted by atomic mass is 16.9. The molecule has 0 radical (unpaired) electrons. The zero-order valence-corrected chi connectivity index (χ0v) is 14.9. The molecule has 1 aromatic carbocycles. The molecule has 10 nitrogen and oxygen atoms in total. The van der Waals surface area contributed by atoms with Gasteiger partial charge >= 0.3 is 11.9 Å². The molecule has 0 fully saturated rings. The van der Waals surface area contributed by atoms with Crippen LogP contribution in [0.5, 0.6) is 11.5 Å². The average molecular weight is 370 g/mol. The van der Waals surface area contributed by atoms with Crippen LogP contribution < -0.4 is 14.8 Å². The quantitative estimate of drug-likeness (QED) is 0.202. The summed E-state index contributed by atoms with van der Waals surface area (Å²) >= 11 is 0. The summed E-state index contributed by atoms with van der Waals surface area (Å²) in [6.07, 6.45) is 0.810. The largest absolute Gasteiger partial charge is 0.493 e. The van der Waals surface area contributed by atoms with Crippen molar-refractivity contribution < 1.29 is 33.7 Å². The van der Waals surface area contributed by atoms with Crippen molar-refractivity contribution in [1.82, 2.24) is 5.32 Å². The van der Waals surface area contributed by atoms with Crippen LogP contribution >= 0.6 is 0 Å². The van der Waals surface area contributed by atoms with Gasteiger partial charge in [0.25, 0.3) is 5.09 Å². The van der Waals surface area contributed by atoms with Gasteiger partial charge in [-0.25, -0.2) is 9.59 Å². The zero-order chi connectivity index (χ0) is 19.5. The third kappa shape index (κ3) is 6.93. The van der Waals surface area contributed by atoms with E-state index in [2.05, 4.69) is 10.2 Å². The first-order chi connectivity index (χ1) is 12.4. The normalized spacial score (nSPS) is 11.3. The van der Waals surface area contributed by atoms with E-state index in [1.807, 2.05) is 0 Å². The van der Waals surface area contributed by atoms with Crippen LogP contribution in [0.1, 0.15) is 30.1 Å². The molecule has 1 unspecified atom stereocenters. The van der Waals surface area contributed by atoms with E-state index in [0.717, 1.165) is 0 Å². The van der Waals surface area contributed by atoms with Gasteiger partial charge in [-0.3, -0.25) is 0 Å². The maximum Gasteiger partial charge on any atom is 0.338 e. The average Bonchev–Trinajstić information content (AvgIpc) is 2.63. The van der Waals surface area contributed by atoms with E-state index >= 15 is 0 Å². The highest BCUT2D eigenvalue weighted by Gasteiger charge is 2.17. The second kappa shape index (κ2) is 10.9. The lowest BCUT2D eigenvalue weighted by Crippen LogP contribution is -2.34. The molecule has 0 bridgehead atoms. The van der Waals surface area contributed by atoms with Crippen molar-refractivity contribution in [2.75, 3.05) is 27.4 Å². The number of rotatable bonds is 11. The Hall–Kier alpha value is -2.88. The van der Waals surface area contributed by atoms with Gasteiger partial charge in [0.05, 0.1) is 25.9 Å². The Kier molecular flexibility index (Phi) is 8.85. The van der Waals surface area contributed by atoms with Crippen molar-refractivity contribution >= 4 is 11.9 Å². The standard InChI is InChI=1S/C16H22N2O8/c1-11(17-2)15(19)26-13-7-6-12(10-14(13)23-3)16(20)24-8-4-5-9-25-18(21)22/h6-7,10-11,17H,4-5,8-9H2,1-3H3. The summed E-state index contributed by atoms with van der Waals surface area (Å²) in [7, 11) is 3.02. The molecule has 10 heteroatoms. The van der Waals surface area contributed by atoms with Gasteiger partial charge in [-0.15, -0.1) is 10.1 Å². The molecule has 0 spiro atoms. The first-order valence-electron chi connectivity index (χ1n) is 7.90. The Labute approximate surface area is 150 Å². The summed E-state index contributed by atoms with van der Waals surface area (Å²) in [6, 6.07) is 3.81. The van der Waals surface area contributed by atoms with E-state index in [-0.39, 0.29) is 30.3 Å². The van der Waals surface area contributed by atoms with Gasteiger partial charge in [-0.2, -0.15) is 0 Å². The van der Waals surface area contributed by atoms with Gasteiger partial charge in [0.15, 0.2) is 11.5 Å². The number of likely N-dealkylation sites (N-methyl/N-ethyl adjacent to an activating group) is 1. The number of carbonyl (C=O) groups is 2. The van der Waals surface area contributed by atoms with Crippen LogP contribution in [0.2, 0.25) is 0 Å². The fourth-order valence-corrected chi connectivity index (χ4v) is 1.78. The van der Waals surface area contributed by atoms with Gasteiger partial charge in [0.2, 0.25) is 0 Å². The summed E-state index contributed by atoms with van der Waals surface area (Å²) in [5.74, 6) is -0.665. The van der Waals surface area contributed by atoms with Crippen molar-refractivity contribution in [1.29, 1.82) is 0 Å². The molecule has 0 heterocycles. The number of nitrogens with zero attached hydrogens (tertiary/aromatic N) is 1. The molecule has 1 atom stereocenters. The van der Waals surface area contributed by atoms with Crippen LogP contribution in [0.4, 0.5) is 0 Å². The van der Waals surface area contributed by atoms with E-state index in [1.54, 1.807) is 14.0 Å². The van der Waals surface area contributed by atoms with Gasteiger partial charge in [0.1, 0.15) is 6.04 Å². The second-order valence-electron chi connectivity index (χ2n) is 5.20. The zero-order valence-electron chi connectivity index (χ0n) is 14.9. The molecule has 0 aliphatic carbocycles. The van der Waals surface area contributed by atoms with E-state index in [9.17, 15) is 19.7 Å². The Balaban J connectivity index is 2.58. The molecule has 0 aliphatic rings. The van der Waals surface area contributed by atoms with Crippen molar-refractivity contribution in [3.05, 3.63) is 33.9 Å². The van der Waals surface area contributed by atoms with Crippen molar-refractivity contribution in [2.45, 2.75) is 25.8 Å². The van der Waals surface area contributed by atoms with E-state index in [1.165, 1.54) is 25.3 Å². The number of esters is 2. The minimum atomic E-state index is -0.871. The molecular formula is C16H22N2O8. The van der Waals surface area contributed by atoms with Gasteiger partial charge < -0.3 is 24.4 Å². The summed E-state index contributed by atoms with van der Waals surface area (Å²) in [5.41, 5.74) is 0.227. The summed E-state index contributed by atoms with van der Waals surface area (Å²) in [5, 5.41) is 11.9. The van der Waals surface area contributed by atoms with Crippen molar-refractivity contribution in [3.63, 3.8) is 0 Å². The van der Waals surface area contributed by atoms with E-state index < -0.39 is 23.1 Å². The Morgan fingerprint density at radius 2 is 1.92 bits per heavy atom. The van der Waals surface area contributed by atoms with Crippen LogP contribution in [0.25, 0.3) is 0 Å². The van der Waals surface area contributed by atoms with Crippen LogP contribution in [-0.4, -0.2) is 50.4 Å². The number of benzene rings is 1. The van der Waals surface area contributed by atoms with Crippen molar-refractivity contribution in [3.8, 4) is 11.5 Å². The minimum absolute atomic E-state index is 0.0521. The summed E-state index contributed by atoms with van der Waals surface area (Å²) in [6.45, 7) is 1.69. The molecule has 0 amide bonds. The third-order valence-electron chi connectivity index (χ3n) is 3.36. The predicted octanol–water partition coefficient (Wildman–Crippen LogP) is 1.35. The lowest BCUT2D eigenvalue weighted by atomic mass is 10.2. The van der Waals surface area contributed by atoms with Crippen LogP contribution in [0.3, 0.4) is 0 Å². The number of methoxy groups -OCH3 is 1. The molecule has 1 rings (SSSR count). The first-order valence-corrected chi connectivity index (χ1v) is 7.90. The molecule has 0 aliphatic heterocycles. The minimum Gasteiger partial charge on any atom is -0.493 e. The highest BCUT2D eigenvalue weighted by Crippen LogP contribution is 2.28. The lowest BCUT2D eigenvalue weighted by Gasteiger charge is -2.13. The number of carbonyl (C=O) groups excluding carboxylic acids is 2. The number of hydrogen-bond donors (Lipinski definition) is 1. The Bertz CT molecular complexity index is 635. The molecule has 1 N–H and O–H groups in total. The summed E-state index contributed by atoms with van der Waals surface area (Å²) in [4.78, 5) is 38.0. The fraction of sp³-hybridized carbons (Fsp3) is 0.500. The van der Waals surface area contributed by atoms with Gasteiger partial charge in [-0.05, 0) is 45.0 Å². The fourth-order valence-electron chi connectivity index (χ4n) is 1.78. The molecule has 0 saturated carbocycles. The van der Waals surface area contributed by atoms with Crippen molar-refractivity contribution in [2.24, 2.45) is 0 Å². The van der Waals surface area contributed by atoms with E-state index in [4.69, 9.17) is 14.2 Å². The Morgan fingerprint density at radius 3 is 2.54 bits per heavy atom. The molecule has 0 saturated heterocycles. The maximum atomic E-state index is 12.0. The molecule has 26 heavy (non-hydrogen) atoms. The molecule has 0 aromatic heterocycles. The number of nitrogens with one attached hydrogen (secondary N) is 1. The topological polar surface area (TPSA) is 126 Å². The number of unbranched alkanes of at least 4 members (excludes halogenated alkanes) is 1. The monoisotopic (exact) mass is 370 g/mol. The van der Waals surface area contributed by atoms with Gasteiger partial charge in [-0.1, -0.05) is 0 Å². The smallest absolute Gasteiger partial charge is 0.338 e. The van der Waals surface area contributed by atoms with Gasteiger partial charge in [0, 0.05) is 0 Å². The SMILES string of the molecule is CNC(C)C(=O)Oc1ccc(C(=O)OCCCCO[N+](=O)[O-])cc1OC. The van der Waals surface area contributed by atoms with E-state index in [0.29, 0.717) is 12.8 Å². The molecule has 144 valence electrons. The lowest BCUT2D eigenvalue weighted by molar-refractivity contribution is -0.757. The number of hydrogen-bond acceptors (Lipinski definition) is 9. The van der Waals surface area contributed by atoms with Crippen LogP contribution in [0.15, 0.2) is 18.2 Å². The highest BCUT2D eigenvalue weighted by molar-refractivity contribution is 5.90. The maximum absolute atomic E-state index is 12.0. The van der Waals surface area contributed by atoms with Crippen LogP contribution in [-0.2, 0) is 14.4 Å². The number of ether oxygens (including phenoxy) is 3. The third-order valence-corrected chi connectivity index (χ3v) is 3.36.